The van der Waals surface area contributed by atoms with E-state index in [4.69, 9.17) is 28.5 Å². The number of carbonyl (C=O) groups is 1. The molecule has 3 nitrogen and oxygen atoms in total. The van der Waals surface area contributed by atoms with Crippen LogP contribution >= 0.6 is 23.2 Å². The van der Waals surface area contributed by atoms with Crippen molar-refractivity contribution >= 4 is 29.0 Å². The standard InChI is InChI=1S/C14H16Cl2N2O/c1-9(7-17)8-18(3)10(2)14(19)12-5-4-11(15)6-13(12)16/h4-6,9-10H,8H2,1-3H3. The van der Waals surface area contributed by atoms with Crippen LogP contribution in [-0.2, 0) is 0 Å². The molecule has 102 valence electrons. The van der Waals surface area contributed by atoms with Gasteiger partial charge in [-0.25, -0.2) is 0 Å². The van der Waals surface area contributed by atoms with Gasteiger partial charge < -0.3 is 0 Å². The Morgan fingerprint density at radius 1 is 1.42 bits per heavy atom. The fourth-order valence-corrected chi connectivity index (χ4v) is 2.25. The average molecular weight is 299 g/mol. The highest BCUT2D eigenvalue weighted by Gasteiger charge is 2.22. The first kappa shape index (κ1) is 16.0. The van der Waals surface area contributed by atoms with Crippen LogP contribution in [0.2, 0.25) is 10.0 Å². The molecule has 0 spiro atoms. The van der Waals surface area contributed by atoms with Gasteiger partial charge >= 0.3 is 0 Å². The van der Waals surface area contributed by atoms with Crippen LogP contribution in [0, 0.1) is 17.2 Å². The molecule has 0 saturated heterocycles. The molecular weight excluding hydrogens is 283 g/mol. The minimum atomic E-state index is -0.338. The molecule has 0 aliphatic heterocycles. The summed E-state index contributed by atoms with van der Waals surface area (Å²) in [5.74, 6) is -0.199. The molecule has 0 radical (unpaired) electrons. The van der Waals surface area contributed by atoms with E-state index in [9.17, 15) is 4.79 Å². The van der Waals surface area contributed by atoms with E-state index in [-0.39, 0.29) is 17.7 Å². The lowest BCUT2D eigenvalue weighted by Gasteiger charge is -2.24. The Balaban J connectivity index is 2.85. The van der Waals surface area contributed by atoms with Crippen LogP contribution in [0.3, 0.4) is 0 Å². The van der Waals surface area contributed by atoms with Crippen LogP contribution < -0.4 is 0 Å². The largest absolute Gasteiger partial charge is 0.295 e. The molecule has 0 aromatic heterocycles. The highest BCUT2D eigenvalue weighted by molar-refractivity contribution is 6.37. The van der Waals surface area contributed by atoms with E-state index in [2.05, 4.69) is 6.07 Å². The van der Waals surface area contributed by atoms with Gasteiger partial charge in [-0.2, -0.15) is 5.26 Å². The molecule has 0 bridgehead atoms. The first-order valence-electron chi connectivity index (χ1n) is 5.96. The summed E-state index contributed by atoms with van der Waals surface area (Å²) in [4.78, 5) is 14.2. The molecule has 19 heavy (non-hydrogen) atoms. The van der Waals surface area contributed by atoms with Crippen molar-refractivity contribution in [1.82, 2.24) is 4.90 Å². The fourth-order valence-electron chi connectivity index (χ4n) is 1.75. The second kappa shape index (κ2) is 6.91. The average Bonchev–Trinajstić information content (AvgIpc) is 2.36. The molecule has 0 saturated carbocycles. The summed E-state index contributed by atoms with van der Waals surface area (Å²) in [6, 6.07) is 6.64. The van der Waals surface area contributed by atoms with Crippen LogP contribution in [0.4, 0.5) is 0 Å². The second-order valence-electron chi connectivity index (χ2n) is 4.63. The van der Waals surface area contributed by atoms with E-state index >= 15 is 0 Å². The van der Waals surface area contributed by atoms with Crippen molar-refractivity contribution in [3.8, 4) is 6.07 Å². The van der Waals surface area contributed by atoms with Crippen molar-refractivity contribution in [2.75, 3.05) is 13.6 Å². The number of halogens is 2. The molecule has 1 aromatic carbocycles. The quantitative estimate of drug-likeness (QED) is 0.779. The minimum absolute atomic E-state index is 0.0747. The molecule has 0 aliphatic carbocycles. The van der Waals surface area contributed by atoms with E-state index in [0.29, 0.717) is 22.2 Å². The second-order valence-corrected chi connectivity index (χ2v) is 5.48. The fraction of sp³-hybridized carbons (Fsp3) is 0.429. The Kier molecular flexibility index (Phi) is 5.81. The van der Waals surface area contributed by atoms with Crippen molar-refractivity contribution < 1.29 is 4.79 Å². The summed E-state index contributed by atoms with van der Waals surface area (Å²) in [6.07, 6.45) is 0. The number of likely N-dealkylation sites (N-methyl/N-ethyl adjacent to an activating group) is 1. The van der Waals surface area contributed by atoms with Gasteiger partial charge in [0.15, 0.2) is 5.78 Å². The summed E-state index contributed by atoms with van der Waals surface area (Å²) in [5.41, 5.74) is 0.454. The van der Waals surface area contributed by atoms with E-state index in [1.165, 1.54) is 0 Å². The Labute approximate surface area is 123 Å². The Morgan fingerprint density at radius 3 is 2.58 bits per heavy atom. The van der Waals surface area contributed by atoms with Crippen LogP contribution in [0.25, 0.3) is 0 Å². The maximum Gasteiger partial charge on any atom is 0.181 e. The van der Waals surface area contributed by atoms with Crippen molar-refractivity contribution in [2.24, 2.45) is 5.92 Å². The van der Waals surface area contributed by atoms with Crippen LogP contribution in [0.1, 0.15) is 24.2 Å². The van der Waals surface area contributed by atoms with E-state index < -0.39 is 0 Å². The number of Topliss-reactive ketones (excluding diaryl/α,β-unsaturated/α-hetero) is 1. The van der Waals surface area contributed by atoms with Crippen molar-refractivity contribution in [1.29, 1.82) is 5.26 Å². The van der Waals surface area contributed by atoms with Gasteiger partial charge in [0, 0.05) is 17.1 Å². The third-order valence-electron chi connectivity index (χ3n) is 3.02. The van der Waals surface area contributed by atoms with Gasteiger partial charge in [0.05, 0.1) is 23.1 Å². The predicted octanol–water partition coefficient (Wildman–Crippen LogP) is 3.66. The van der Waals surface area contributed by atoms with Gasteiger partial charge in [0.2, 0.25) is 0 Å². The number of carbonyl (C=O) groups excluding carboxylic acids is 1. The topological polar surface area (TPSA) is 44.1 Å². The molecular formula is C14H16Cl2N2O. The molecule has 2 atom stereocenters. The number of ketones is 1. The first-order chi connectivity index (χ1) is 8.86. The summed E-state index contributed by atoms with van der Waals surface area (Å²) in [5, 5.41) is 9.65. The maximum absolute atomic E-state index is 12.3. The lowest BCUT2D eigenvalue weighted by Crippen LogP contribution is -2.38. The Bertz CT molecular complexity index is 511. The lowest BCUT2D eigenvalue weighted by atomic mass is 10.0. The molecule has 1 aromatic rings. The zero-order chi connectivity index (χ0) is 14.6. The highest BCUT2D eigenvalue weighted by atomic mass is 35.5. The molecule has 1 rings (SSSR count). The first-order valence-corrected chi connectivity index (χ1v) is 6.71. The van der Waals surface area contributed by atoms with Crippen molar-refractivity contribution in [3.05, 3.63) is 33.8 Å². The smallest absolute Gasteiger partial charge is 0.181 e. The molecule has 0 fully saturated rings. The minimum Gasteiger partial charge on any atom is -0.295 e. The predicted molar refractivity (Wildman–Crippen MR) is 77.7 cm³/mol. The highest BCUT2D eigenvalue weighted by Crippen LogP contribution is 2.23. The molecule has 2 unspecified atom stereocenters. The third kappa shape index (κ3) is 4.21. The number of rotatable bonds is 5. The van der Waals surface area contributed by atoms with Gasteiger partial charge in [-0.15, -0.1) is 0 Å². The molecule has 5 heteroatoms. The number of hydrogen-bond donors (Lipinski definition) is 0. The van der Waals surface area contributed by atoms with Crippen LogP contribution in [-0.4, -0.2) is 30.3 Å². The molecule has 0 N–H and O–H groups in total. The number of hydrogen-bond acceptors (Lipinski definition) is 3. The SMILES string of the molecule is CC(C#N)CN(C)C(C)C(=O)c1ccc(Cl)cc1Cl. The zero-order valence-corrected chi connectivity index (χ0v) is 12.7. The Hall–Kier alpha value is -1.08. The van der Waals surface area contributed by atoms with Crippen molar-refractivity contribution in [2.45, 2.75) is 19.9 Å². The van der Waals surface area contributed by atoms with Gasteiger partial charge in [-0.05, 0) is 39.1 Å². The summed E-state index contributed by atoms with van der Waals surface area (Å²) >= 11 is 11.8. The van der Waals surface area contributed by atoms with Gasteiger partial charge in [0.1, 0.15) is 0 Å². The molecule has 0 aliphatic rings. The van der Waals surface area contributed by atoms with Gasteiger partial charge in [-0.3, -0.25) is 9.69 Å². The lowest BCUT2D eigenvalue weighted by molar-refractivity contribution is 0.0862. The van der Waals surface area contributed by atoms with Crippen LogP contribution in [0.5, 0.6) is 0 Å². The number of nitrogens with zero attached hydrogens (tertiary/aromatic N) is 2. The summed E-state index contributed by atoms with van der Waals surface area (Å²) in [6.45, 7) is 4.16. The van der Waals surface area contributed by atoms with E-state index in [1.807, 2.05) is 18.9 Å². The third-order valence-corrected chi connectivity index (χ3v) is 3.57. The molecule has 0 amide bonds. The monoisotopic (exact) mass is 298 g/mol. The van der Waals surface area contributed by atoms with Gasteiger partial charge in [-0.1, -0.05) is 23.2 Å². The van der Waals surface area contributed by atoms with Crippen molar-refractivity contribution in [3.63, 3.8) is 0 Å². The number of nitriles is 1. The Morgan fingerprint density at radius 2 is 2.05 bits per heavy atom. The van der Waals surface area contributed by atoms with E-state index in [1.54, 1.807) is 25.1 Å². The molecule has 0 heterocycles. The summed E-state index contributed by atoms with van der Waals surface area (Å²) < 4.78 is 0. The number of benzene rings is 1. The maximum atomic E-state index is 12.3. The van der Waals surface area contributed by atoms with Gasteiger partial charge in [0.25, 0.3) is 0 Å². The van der Waals surface area contributed by atoms with Crippen LogP contribution in [0.15, 0.2) is 18.2 Å². The normalized spacial score (nSPS) is 13.9. The summed E-state index contributed by atoms with van der Waals surface area (Å²) in [7, 11) is 1.82. The zero-order valence-electron chi connectivity index (χ0n) is 11.2. The van der Waals surface area contributed by atoms with E-state index in [0.717, 1.165) is 0 Å².